The van der Waals surface area contributed by atoms with Crippen molar-refractivity contribution >= 4 is 21.9 Å². The first-order chi connectivity index (χ1) is 11.3. The lowest BCUT2D eigenvalue weighted by atomic mass is 10.1. The Kier molecular flexibility index (Phi) is 7.87. The molecule has 0 atom stereocenters. The van der Waals surface area contributed by atoms with Crippen LogP contribution in [0.15, 0.2) is 29.2 Å². The number of benzene rings is 1. The maximum atomic E-state index is 12.4. The van der Waals surface area contributed by atoms with Crippen LogP contribution in [-0.4, -0.2) is 51.3 Å². The number of sulfonamides is 1. The third kappa shape index (κ3) is 5.61. The highest BCUT2D eigenvalue weighted by Gasteiger charge is 2.21. The van der Waals surface area contributed by atoms with Gasteiger partial charge in [0.2, 0.25) is 10.0 Å². The number of ether oxygens (including phenoxy) is 1. The smallest absolute Gasteiger partial charge is 0.306 e. The van der Waals surface area contributed by atoms with Crippen LogP contribution >= 0.6 is 0 Å². The number of hydrogen-bond acceptors (Lipinski definition) is 5. The maximum absolute atomic E-state index is 12.4. The quantitative estimate of drug-likeness (QED) is 0.665. The molecule has 0 aromatic heterocycles. The highest BCUT2D eigenvalue weighted by Crippen LogP contribution is 2.16. The Morgan fingerprint density at radius 3 is 2.21 bits per heavy atom. The van der Waals surface area contributed by atoms with Gasteiger partial charge in [-0.25, -0.2) is 8.42 Å². The molecular weight excluding hydrogens is 332 g/mol. The fourth-order valence-electron chi connectivity index (χ4n) is 2.08. The summed E-state index contributed by atoms with van der Waals surface area (Å²) in [6.45, 7) is 4.12. The van der Waals surface area contributed by atoms with Crippen LogP contribution in [0, 0.1) is 0 Å². The molecule has 1 rings (SSSR count). The Balaban J connectivity index is 2.62. The third-order valence-corrected chi connectivity index (χ3v) is 5.59. The zero-order chi connectivity index (χ0) is 18.2. The molecule has 0 unspecified atom stereocenters. The molecule has 0 aliphatic rings. The Hall–Kier alpha value is -1.93. The van der Waals surface area contributed by atoms with Crippen molar-refractivity contribution in [3.8, 4) is 0 Å². The second-order valence-electron chi connectivity index (χ2n) is 5.07. The summed E-state index contributed by atoms with van der Waals surface area (Å²) in [4.78, 5) is 22.7. The van der Waals surface area contributed by atoms with Gasteiger partial charge >= 0.3 is 5.97 Å². The zero-order valence-corrected chi connectivity index (χ0v) is 15.1. The number of nitrogens with one attached hydrogen (secondary N) is 1. The van der Waals surface area contributed by atoms with Gasteiger partial charge in [0.05, 0.1) is 4.90 Å². The van der Waals surface area contributed by atoms with Crippen molar-refractivity contribution in [2.24, 2.45) is 0 Å². The molecule has 0 bridgehead atoms. The molecule has 1 N–H and O–H groups in total. The van der Waals surface area contributed by atoms with Gasteiger partial charge in [-0.3, -0.25) is 9.59 Å². The molecule has 134 valence electrons. The van der Waals surface area contributed by atoms with Crippen molar-refractivity contribution in [2.75, 3.05) is 26.7 Å². The molecule has 1 aromatic rings. The number of aryl methyl sites for hydroxylation is 1. The first-order valence-electron chi connectivity index (χ1n) is 7.80. The van der Waals surface area contributed by atoms with E-state index in [1.165, 1.54) is 11.4 Å². The first kappa shape index (κ1) is 20.1. The van der Waals surface area contributed by atoms with E-state index in [4.69, 9.17) is 4.74 Å². The summed E-state index contributed by atoms with van der Waals surface area (Å²) < 4.78 is 30.9. The average Bonchev–Trinajstić information content (AvgIpc) is 2.58. The number of carbonyl (C=O) groups excluding carboxylic acids is 2. The Morgan fingerprint density at radius 1 is 1.12 bits per heavy atom. The van der Waals surface area contributed by atoms with Crippen LogP contribution in [0.5, 0.6) is 0 Å². The molecule has 7 nitrogen and oxygen atoms in total. The predicted octanol–water partition coefficient (Wildman–Crippen LogP) is 0.939. The van der Waals surface area contributed by atoms with E-state index in [1.54, 1.807) is 38.1 Å². The second-order valence-corrected chi connectivity index (χ2v) is 7.01. The molecule has 1 amide bonds. The van der Waals surface area contributed by atoms with Crippen LogP contribution in [0.25, 0.3) is 0 Å². The van der Waals surface area contributed by atoms with Crippen molar-refractivity contribution in [3.05, 3.63) is 29.8 Å². The van der Waals surface area contributed by atoms with Gasteiger partial charge in [0, 0.05) is 26.6 Å². The van der Waals surface area contributed by atoms with Gasteiger partial charge in [0.25, 0.3) is 5.91 Å². The minimum absolute atomic E-state index is 0.124. The van der Waals surface area contributed by atoms with Crippen molar-refractivity contribution in [2.45, 2.75) is 31.6 Å². The number of rotatable bonds is 9. The van der Waals surface area contributed by atoms with Crippen LogP contribution in [0.4, 0.5) is 0 Å². The lowest BCUT2D eigenvalue weighted by Crippen LogP contribution is -2.30. The standard InChI is InChI=1S/C16H24N2O5S/c1-4-18(5-2)24(21,22)14-9-6-13(7-10-14)8-11-16(20)23-12-15(19)17-3/h6-7,9-10H,4-5,8,11-12H2,1-3H3,(H,17,19). The van der Waals surface area contributed by atoms with Crippen LogP contribution < -0.4 is 5.32 Å². The van der Waals surface area contributed by atoms with Crippen LogP contribution in [0.2, 0.25) is 0 Å². The summed E-state index contributed by atoms with van der Waals surface area (Å²) in [5.41, 5.74) is 0.824. The number of hydrogen-bond donors (Lipinski definition) is 1. The van der Waals surface area contributed by atoms with Crippen LogP contribution in [0.1, 0.15) is 25.8 Å². The lowest BCUT2D eigenvalue weighted by Gasteiger charge is -2.18. The SMILES string of the molecule is CCN(CC)S(=O)(=O)c1ccc(CCC(=O)OCC(=O)NC)cc1. The van der Waals surface area contributed by atoms with Crippen molar-refractivity contribution in [1.29, 1.82) is 0 Å². The average molecular weight is 356 g/mol. The Labute approximate surface area is 143 Å². The van der Waals surface area contributed by atoms with Crippen molar-refractivity contribution < 1.29 is 22.7 Å². The molecule has 0 aliphatic carbocycles. The second kappa shape index (κ2) is 9.39. The van der Waals surface area contributed by atoms with Crippen LogP contribution in [-0.2, 0) is 30.8 Å². The van der Waals surface area contributed by atoms with E-state index in [2.05, 4.69) is 5.32 Å². The topological polar surface area (TPSA) is 92.8 Å². The van der Waals surface area contributed by atoms with Gasteiger partial charge in [-0.1, -0.05) is 26.0 Å². The summed E-state index contributed by atoms with van der Waals surface area (Å²) >= 11 is 0. The summed E-state index contributed by atoms with van der Waals surface area (Å²) in [6, 6.07) is 6.45. The Bertz CT molecular complexity index is 652. The van der Waals surface area contributed by atoms with Gasteiger partial charge in [-0.15, -0.1) is 0 Å². The zero-order valence-electron chi connectivity index (χ0n) is 14.2. The normalized spacial score (nSPS) is 11.3. The molecule has 0 saturated carbocycles. The lowest BCUT2D eigenvalue weighted by molar-refractivity contribution is -0.148. The summed E-state index contributed by atoms with van der Waals surface area (Å²) in [6.07, 6.45) is 0.539. The van der Waals surface area contributed by atoms with Gasteiger partial charge in [-0.05, 0) is 24.1 Å². The molecule has 0 saturated heterocycles. The molecule has 8 heteroatoms. The highest BCUT2D eigenvalue weighted by molar-refractivity contribution is 7.89. The van der Waals surface area contributed by atoms with Crippen LogP contribution in [0.3, 0.4) is 0 Å². The van der Waals surface area contributed by atoms with Gasteiger partial charge in [-0.2, -0.15) is 4.31 Å². The van der Waals surface area contributed by atoms with E-state index in [0.717, 1.165) is 5.56 Å². The fourth-order valence-corrected chi connectivity index (χ4v) is 3.54. The summed E-state index contributed by atoms with van der Waals surface area (Å²) in [5.74, 6) is -0.840. The number of nitrogens with zero attached hydrogens (tertiary/aromatic N) is 1. The predicted molar refractivity (Wildman–Crippen MR) is 89.9 cm³/mol. The number of esters is 1. The number of carbonyl (C=O) groups is 2. The van der Waals surface area contributed by atoms with Gasteiger partial charge in [0.15, 0.2) is 6.61 Å². The molecule has 0 aliphatic heterocycles. The van der Waals surface area contributed by atoms with E-state index in [0.29, 0.717) is 19.5 Å². The van der Waals surface area contributed by atoms with E-state index in [1.807, 2.05) is 0 Å². The summed E-state index contributed by atoms with van der Waals surface area (Å²) in [7, 11) is -2.01. The number of likely N-dealkylation sites (N-methyl/N-ethyl adjacent to an activating group) is 1. The van der Waals surface area contributed by atoms with Gasteiger partial charge in [0.1, 0.15) is 0 Å². The minimum Gasteiger partial charge on any atom is -0.456 e. The molecule has 0 fully saturated rings. The molecular formula is C16H24N2O5S. The third-order valence-electron chi connectivity index (χ3n) is 3.53. The van der Waals surface area contributed by atoms with E-state index in [9.17, 15) is 18.0 Å². The van der Waals surface area contributed by atoms with E-state index >= 15 is 0 Å². The Morgan fingerprint density at radius 2 is 1.71 bits per heavy atom. The van der Waals surface area contributed by atoms with E-state index < -0.39 is 16.0 Å². The number of amides is 1. The molecule has 0 spiro atoms. The fraction of sp³-hybridized carbons (Fsp3) is 0.500. The summed E-state index contributed by atoms with van der Waals surface area (Å²) in [5, 5.41) is 2.36. The van der Waals surface area contributed by atoms with E-state index in [-0.39, 0.29) is 23.8 Å². The van der Waals surface area contributed by atoms with Crippen molar-refractivity contribution in [3.63, 3.8) is 0 Å². The van der Waals surface area contributed by atoms with Gasteiger partial charge < -0.3 is 10.1 Å². The minimum atomic E-state index is -3.47. The largest absolute Gasteiger partial charge is 0.456 e. The van der Waals surface area contributed by atoms with Crippen molar-refractivity contribution in [1.82, 2.24) is 9.62 Å². The highest BCUT2D eigenvalue weighted by atomic mass is 32.2. The molecule has 0 radical (unpaired) electrons. The monoisotopic (exact) mass is 356 g/mol. The maximum Gasteiger partial charge on any atom is 0.306 e. The molecule has 0 heterocycles. The first-order valence-corrected chi connectivity index (χ1v) is 9.24. The molecule has 1 aromatic carbocycles. The molecule has 24 heavy (non-hydrogen) atoms.